The van der Waals surface area contributed by atoms with Gasteiger partial charge < -0.3 is 10.3 Å². The SMILES string of the molecule is CC1(C)CN(O)CCC(C(=O)O)C(C)(C)C1. The molecule has 1 rings (SSSR count). The first-order valence-corrected chi connectivity index (χ1v) is 5.81. The highest BCUT2D eigenvalue weighted by atomic mass is 16.5. The number of hydrogen-bond acceptors (Lipinski definition) is 3. The Kier molecular flexibility index (Phi) is 3.65. The summed E-state index contributed by atoms with van der Waals surface area (Å²) in [7, 11) is 0. The molecule has 0 spiro atoms. The van der Waals surface area contributed by atoms with Gasteiger partial charge in [0.1, 0.15) is 0 Å². The van der Waals surface area contributed by atoms with Crippen LogP contribution in [0, 0.1) is 16.7 Å². The van der Waals surface area contributed by atoms with Crippen LogP contribution in [-0.4, -0.2) is 34.4 Å². The first-order chi connectivity index (χ1) is 7.14. The van der Waals surface area contributed by atoms with Crippen LogP contribution in [-0.2, 0) is 4.79 Å². The fourth-order valence-corrected chi connectivity index (χ4v) is 3.11. The summed E-state index contributed by atoms with van der Waals surface area (Å²) in [4.78, 5) is 11.3. The Morgan fingerprint density at radius 3 is 2.38 bits per heavy atom. The number of nitrogens with zero attached hydrogens (tertiary/aromatic N) is 1. The summed E-state index contributed by atoms with van der Waals surface area (Å²) in [6.45, 7) is 9.21. The van der Waals surface area contributed by atoms with Crippen LogP contribution >= 0.6 is 0 Å². The van der Waals surface area contributed by atoms with E-state index in [1.54, 1.807) is 0 Å². The third kappa shape index (κ3) is 3.19. The predicted molar refractivity (Wildman–Crippen MR) is 61.3 cm³/mol. The van der Waals surface area contributed by atoms with Crippen LogP contribution in [0.3, 0.4) is 0 Å². The quantitative estimate of drug-likeness (QED) is 0.724. The maximum Gasteiger partial charge on any atom is 0.307 e. The molecule has 94 valence electrons. The standard InChI is InChI=1S/C12H23NO3/c1-11(2)7-12(3,4)9(10(14)15)5-6-13(16)8-11/h9,16H,5-8H2,1-4H3,(H,14,15). The maximum absolute atomic E-state index is 11.3. The van der Waals surface area contributed by atoms with Gasteiger partial charge in [0.15, 0.2) is 0 Å². The van der Waals surface area contributed by atoms with Gasteiger partial charge in [0.2, 0.25) is 0 Å². The van der Waals surface area contributed by atoms with Crippen molar-refractivity contribution in [1.82, 2.24) is 5.06 Å². The van der Waals surface area contributed by atoms with Crippen molar-refractivity contribution >= 4 is 5.97 Å². The Morgan fingerprint density at radius 1 is 1.31 bits per heavy atom. The minimum Gasteiger partial charge on any atom is -0.481 e. The molecule has 1 fully saturated rings. The summed E-state index contributed by atoms with van der Waals surface area (Å²) in [5.74, 6) is -1.14. The van der Waals surface area contributed by atoms with E-state index in [1.807, 2.05) is 13.8 Å². The van der Waals surface area contributed by atoms with E-state index in [1.165, 1.54) is 5.06 Å². The molecule has 0 amide bonds. The first kappa shape index (κ1) is 13.5. The number of hydrogen-bond donors (Lipinski definition) is 2. The van der Waals surface area contributed by atoms with E-state index < -0.39 is 5.97 Å². The molecule has 1 aliphatic rings. The molecule has 0 radical (unpaired) electrons. The highest BCUT2D eigenvalue weighted by Gasteiger charge is 2.41. The molecule has 0 aliphatic carbocycles. The minimum absolute atomic E-state index is 0.0631. The van der Waals surface area contributed by atoms with Gasteiger partial charge in [-0.25, -0.2) is 0 Å². The molecule has 4 heteroatoms. The topological polar surface area (TPSA) is 60.8 Å². The van der Waals surface area contributed by atoms with E-state index in [2.05, 4.69) is 13.8 Å². The second-order valence-corrected chi connectivity index (χ2v) is 6.40. The van der Waals surface area contributed by atoms with Gasteiger partial charge in [0, 0.05) is 13.1 Å². The number of rotatable bonds is 1. The molecular weight excluding hydrogens is 206 g/mol. The Labute approximate surface area is 97.2 Å². The molecule has 4 nitrogen and oxygen atoms in total. The van der Waals surface area contributed by atoms with Crippen LogP contribution < -0.4 is 0 Å². The molecule has 1 aliphatic heterocycles. The molecule has 0 bridgehead atoms. The van der Waals surface area contributed by atoms with Crippen molar-refractivity contribution in [2.24, 2.45) is 16.7 Å². The lowest BCUT2D eigenvalue weighted by Crippen LogP contribution is -2.44. The van der Waals surface area contributed by atoms with Crippen LogP contribution in [0.5, 0.6) is 0 Å². The van der Waals surface area contributed by atoms with Gasteiger partial charge >= 0.3 is 5.97 Å². The van der Waals surface area contributed by atoms with Crippen LogP contribution in [0.15, 0.2) is 0 Å². The molecule has 1 heterocycles. The normalized spacial score (nSPS) is 30.4. The number of aliphatic carboxylic acids is 1. The lowest BCUT2D eigenvalue weighted by atomic mass is 9.66. The van der Waals surface area contributed by atoms with Gasteiger partial charge in [0.05, 0.1) is 5.92 Å². The fourth-order valence-electron chi connectivity index (χ4n) is 3.11. The Balaban J connectivity index is 2.92. The largest absolute Gasteiger partial charge is 0.481 e. The van der Waals surface area contributed by atoms with E-state index in [9.17, 15) is 15.1 Å². The predicted octanol–water partition coefficient (Wildman–Crippen LogP) is 2.22. The minimum atomic E-state index is -0.754. The van der Waals surface area contributed by atoms with Crippen molar-refractivity contribution in [3.05, 3.63) is 0 Å². The fraction of sp³-hybridized carbons (Fsp3) is 0.917. The third-order valence-electron chi connectivity index (χ3n) is 3.46. The van der Waals surface area contributed by atoms with Crippen molar-refractivity contribution < 1.29 is 15.1 Å². The first-order valence-electron chi connectivity index (χ1n) is 5.81. The lowest BCUT2D eigenvalue weighted by Gasteiger charge is -2.42. The van der Waals surface area contributed by atoms with Crippen LogP contribution in [0.1, 0.15) is 40.5 Å². The van der Waals surface area contributed by atoms with Crippen LogP contribution in [0.2, 0.25) is 0 Å². The molecule has 0 aromatic heterocycles. The molecule has 2 N–H and O–H groups in total. The summed E-state index contributed by atoms with van der Waals surface area (Å²) in [6.07, 6.45) is 1.31. The van der Waals surface area contributed by atoms with Crippen molar-refractivity contribution in [2.75, 3.05) is 13.1 Å². The zero-order valence-electron chi connectivity index (χ0n) is 10.7. The van der Waals surface area contributed by atoms with Gasteiger partial charge in [-0.15, -0.1) is 0 Å². The molecule has 0 aromatic carbocycles. The number of carbonyl (C=O) groups is 1. The summed E-state index contributed by atoms with van der Waals surface area (Å²) >= 11 is 0. The van der Waals surface area contributed by atoms with E-state index in [0.717, 1.165) is 6.42 Å². The van der Waals surface area contributed by atoms with E-state index in [0.29, 0.717) is 19.5 Å². The number of carboxylic acid groups (broad SMARTS) is 1. The summed E-state index contributed by atoms with van der Waals surface area (Å²) in [5, 5.41) is 20.2. The maximum atomic E-state index is 11.3. The molecule has 1 unspecified atom stereocenters. The average Bonchev–Trinajstić information content (AvgIpc) is 1.96. The van der Waals surface area contributed by atoms with Gasteiger partial charge in [-0.05, 0) is 23.7 Å². The van der Waals surface area contributed by atoms with Crippen LogP contribution in [0.4, 0.5) is 0 Å². The van der Waals surface area contributed by atoms with Crippen molar-refractivity contribution in [1.29, 1.82) is 0 Å². The molecular formula is C12H23NO3. The van der Waals surface area contributed by atoms with Crippen LogP contribution in [0.25, 0.3) is 0 Å². The van der Waals surface area contributed by atoms with Crippen molar-refractivity contribution in [3.8, 4) is 0 Å². The van der Waals surface area contributed by atoms with Gasteiger partial charge in [-0.1, -0.05) is 27.7 Å². The monoisotopic (exact) mass is 229 g/mol. The van der Waals surface area contributed by atoms with E-state index in [-0.39, 0.29) is 16.7 Å². The zero-order chi connectivity index (χ0) is 12.6. The van der Waals surface area contributed by atoms with Crippen molar-refractivity contribution in [3.63, 3.8) is 0 Å². The highest BCUT2D eigenvalue weighted by Crippen LogP contribution is 2.42. The molecule has 16 heavy (non-hydrogen) atoms. The zero-order valence-corrected chi connectivity index (χ0v) is 10.7. The van der Waals surface area contributed by atoms with E-state index >= 15 is 0 Å². The van der Waals surface area contributed by atoms with Crippen molar-refractivity contribution in [2.45, 2.75) is 40.5 Å². The Bertz CT molecular complexity index is 273. The molecule has 1 atom stereocenters. The smallest absolute Gasteiger partial charge is 0.307 e. The Hall–Kier alpha value is -0.610. The molecule has 0 aromatic rings. The Morgan fingerprint density at radius 2 is 1.88 bits per heavy atom. The second-order valence-electron chi connectivity index (χ2n) is 6.40. The van der Waals surface area contributed by atoms with E-state index in [4.69, 9.17) is 0 Å². The second kappa shape index (κ2) is 4.34. The van der Waals surface area contributed by atoms with Gasteiger partial charge in [-0.2, -0.15) is 5.06 Å². The molecule has 0 saturated carbocycles. The highest BCUT2D eigenvalue weighted by molar-refractivity contribution is 5.71. The number of carboxylic acids is 1. The summed E-state index contributed by atoms with van der Waals surface area (Å²) < 4.78 is 0. The number of hydroxylamine groups is 2. The summed E-state index contributed by atoms with van der Waals surface area (Å²) in [5.41, 5.74) is -0.289. The third-order valence-corrected chi connectivity index (χ3v) is 3.46. The molecule has 1 saturated heterocycles. The summed E-state index contributed by atoms with van der Waals surface area (Å²) in [6, 6.07) is 0. The van der Waals surface area contributed by atoms with Gasteiger partial charge in [0.25, 0.3) is 0 Å². The average molecular weight is 229 g/mol. The van der Waals surface area contributed by atoms with Gasteiger partial charge in [-0.3, -0.25) is 4.79 Å². The lowest BCUT2D eigenvalue weighted by molar-refractivity contribution is -0.158.